The molecule has 2 heteroatoms. The third kappa shape index (κ3) is 2.77. The molecule has 2 nitrogen and oxygen atoms in total. The van der Waals surface area contributed by atoms with Crippen molar-refractivity contribution in [3.05, 3.63) is 102 Å². The van der Waals surface area contributed by atoms with E-state index in [0.717, 1.165) is 16.8 Å². The molecular weight excluding hydrogens is 304 g/mol. The summed E-state index contributed by atoms with van der Waals surface area (Å²) in [5.74, 6) is 0. The van der Waals surface area contributed by atoms with Gasteiger partial charge in [0.1, 0.15) is 0 Å². The van der Waals surface area contributed by atoms with Crippen molar-refractivity contribution in [3.63, 3.8) is 0 Å². The van der Waals surface area contributed by atoms with Gasteiger partial charge in [0.15, 0.2) is 0 Å². The minimum atomic E-state index is -0.254. The van der Waals surface area contributed by atoms with Gasteiger partial charge in [-0.15, -0.1) is 0 Å². The van der Waals surface area contributed by atoms with E-state index in [0.29, 0.717) is 0 Å². The number of benzene rings is 4. The third-order valence-electron chi connectivity index (χ3n) is 4.71. The largest absolute Gasteiger partial charge is 0.398 e. The van der Waals surface area contributed by atoms with E-state index in [1.807, 2.05) is 30.3 Å². The van der Waals surface area contributed by atoms with E-state index in [4.69, 9.17) is 11.5 Å². The van der Waals surface area contributed by atoms with Crippen molar-refractivity contribution in [3.8, 4) is 11.1 Å². The first-order valence-electron chi connectivity index (χ1n) is 8.43. The van der Waals surface area contributed by atoms with E-state index in [2.05, 4.69) is 60.7 Å². The third-order valence-corrected chi connectivity index (χ3v) is 4.71. The number of fused-ring (bicyclic) bond motifs is 1. The molecule has 1 unspecified atom stereocenters. The molecule has 0 aliphatic rings. The number of anilines is 1. The molecule has 0 aliphatic carbocycles. The zero-order valence-corrected chi connectivity index (χ0v) is 13.9. The van der Waals surface area contributed by atoms with Crippen LogP contribution in [0.4, 0.5) is 5.69 Å². The molecule has 0 bridgehead atoms. The van der Waals surface area contributed by atoms with Crippen LogP contribution in [0.25, 0.3) is 21.9 Å². The number of hydrogen-bond acceptors (Lipinski definition) is 2. The standard InChI is InChI=1S/C23H20N2/c24-22-13-7-6-12-21(22)23(25)20-15-14-17(16-8-2-1-3-9-16)18-10-4-5-11-19(18)20/h1-15,23H,24-25H2. The van der Waals surface area contributed by atoms with Crippen LogP contribution < -0.4 is 11.5 Å². The minimum absolute atomic E-state index is 0.254. The monoisotopic (exact) mass is 324 g/mol. The maximum Gasteiger partial charge on any atom is 0.0578 e. The van der Waals surface area contributed by atoms with Crippen LogP contribution in [0.3, 0.4) is 0 Å². The fourth-order valence-electron chi connectivity index (χ4n) is 3.42. The molecule has 4 aromatic carbocycles. The maximum atomic E-state index is 6.59. The number of nitrogens with two attached hydrogens (primary N) is 2. The van der Waals surface area contributed by atoms with Crippen LogP contribution in [0.5, 0.6) is 0 Å². The molecule has 0 fully saturated rings. The first-order valence-corrected chi connectivity index (χ1v) is 8.43. The Morgan fingerprint density at radius 2 is 1.20 bits per heavy atom. The molecule has 0 radical (unpaired) electrons. The quantitative estimate of drug-likeness (QED) is 0.513. The molecule has 122 valence electrons. The Balaban J connectivity index is 1.92. The summed E-state index contributed by atoms with van der Waals surface area (Å²) in [6.45, 7) is 0. The molecular formula is C23H20N2. The summed E-state index contributed by atoms with van der Waals surface area (Å²) >= 11 is 0. The Morgan fingerprint density at radius 1 is 0.560 bits per heavy atom. The molecule has 4 aromatic rings. The second-order valence-electron chi connectivity index (χ2n) is 6.22. The van der Waals surface area contributed by atoms with Crippen molar-refractivity contribution in [1.82, 2.24) is 0 Å². The molecule has 0 spiro atoms. The first kappa shape index (κ1) is 15.4. The van der Waals surface area contributed by atoms with Crippen molar-refractivity contribution in [2.45, 2.75) is 6.04 Å². The summed E-state index contributed by atoms with van der Waals surface area (Å²) in [5, 5.41) is 2.37. The summed E-state index contributed by atoms with van der Waals surface area (Å²) in [6.07, 6.45) is 0. The fraction of sp³-hybridized carbons (Fsp3) is 0.0435. The lowest BCUT2D eigenvalue weighted by molar-refractivity contribution is 0.884. The molecule has 0 saturated heterocycles. The van der Waals surface area contributed by atoms with Gasteiger partial charge in [0.05, 0.1) is 6.04 Å². The lowest BCUT2D eigenvalue weighted by Crippen LogP contribution is -2.14. The highest BCUT2D eigenvalue weighted by molar-refractivity contribution is 5.99. The van der Waals surface area contributed by atoms with Gasteiger partial charge in [-0.2, -0.15) is 0 Å². The Bertz CT molecular complexity index is 1020. The number of rotatable bonds is 3. The van der Waals surface area contributed by atoms with Crippen LogP contribution in [-0.4, -0.2) is 0 Å². The van der Waals surface area contributed by atoms with Gasteiger partial charge in [0.2, 0.25) is 0 Å². The minimum Gasteiger partial charge on any atom is -0.398 e. The van der Waals surface area contributed by atoms with Gasteiger partial charge in [0.25, 0.3) is 0 Å². The van der Waals surface area contributed by atoms with Crippen molar-refractivity contribution in [1.29, 1.82) is 0 Å². The van der Waals surface area contributed by atoms with Gasteiger partial charge in [-0.05, 0) is 39.1 Å². The van der Waals surface area contributed by atoms with E-state index < -0.39 is 0 Å². The SMILES string of the molecule is Nc1ccccc1C(N)c1ccc(-c2ccccc2)c2ccccc12. The molecule has 0 aliphatic heterocycles. The highest BCUT2D eigenvalue weighted by Crippen LogP contribution is 2.35. The average Bonchev–Trinajstić information content (AvgIpc) is 2.68. The molecule has 25 heavy (non-hydrogen) atoms. The van der Waals surface area contributed by atoms with Crippen LogP contribution in [-0.2, 0) is 0 Å². The number of hydrogen-bond donors (Lipinski definition) is 2. The molecule has 4 rings (SSSR count). The molecule has 1 atom stereocenters. The number of para-hydroxylation sites is 1. The predicted octanol–water partition coefficient (Wildman–Crippen LogP) is 5.14. The zero-order chi connectivity index (χ0) is 17.2. The van der Waals surface area contributed by atoms with Crippen LogP contribution in [0, 0.1) is 0 Å². The maximum absolute atomic E-state index is 6.59. The van der Waals surface area contributed by atoms with Crippen molar-refractivity contribution >= 4 is 16.5 Å². The molecule has 0 aromatic heterocycles. The van der Waals surface area contributed by atoms with Gasteiger partial charge in [-0.25, -0.2) is 0 Å². The van der Waals surface area contributed by atoms with E-state index >= 15 is 0 Å². The van der Waals surface area contributed by atoms with Crippen LogP contribution >= 0.6 is 0 Å². The van der Waals surface area contributed by atoms with Crippen LogP contribution in [0.2, 0.25) is 0 Å². The number of nitrogen functional groups attached to an aromatic ring is 1. The lowest BCUT2D eigenvalue weighted by Gasteiger charge is -2.19. The molecule has 4 N–H and O–H groups in total. The summed E-state index contributed by atoms with van der Waals surface area (Å²) in [4.78, 5) is 0. The lowest BCUT2D eigenvalue weighted by atomic mass is 9.89. The highest BCUT2D eigenvalue weighted by atomic mass is 14.7. The summed E-state index contributed by atoms with van der Waals surface area (Å²) in [7, 11) is 0. The van der Waals surface area contributed by atoms with Crippen molar-refractivity contribution < 1.29 is 0 Å². The Kier molecular flexibility index (Phi) is 3.96. The summed E-state index contributed by atoms with van der Waals surface area (Å²) in [6, 6.07) is 30.7. The van der Waals surface area contributed by atoms with E-state index in [1.54, 1.807) is 0 Å². The second-order valence-corrected chi connectivity index (χ2v) is 6.22. The normalized spacial score (nSPS) is 12.2. The summed E-state index contributed by atoms with van der Waals surface area (Å²) in [5.41, 5.74) is 17.9. The van der Waals surface area contributed by atoms with Gasteiger partial charge in [0, 0.05) is 5.69 Å². The van der Waals surface area contributed by atoms with Gasteiger partial charge >= 0.3 is 0 Å². The predicted molar refractivity (Wildman–Crippen MR) is 106 cm³/mol. The smallest absolute Gasteiger partial charge is 0.0578 e. The summed E-state index contributed by atoms with van der Waals surface area (Å²) < 4.78 is 0. The molecule has 0 saturated carbocycles. The molecule has 0 heterocycles. The fourth-order valence-corrected chi connectivity index (χ4v) is 3.42. The second kappa shape index (κ2) is 6.42. The Morgan fingerprint density at radius 3 is 1.96 bits per heavy atom. The highest BCUT2D eigenvalue weighted by Gasteiger charge is 2.16. The van der Waals surface area contributed by atoms with Crippen LogP contribution in [0.15, 0.2) is 91.0 Å². The topological polar surface area (TPSA) is 52.0 Å². The van der Waals surface area contributed by atoms with Gasteiger partial charge < -0.3 is 11.5 Å². The molecule has 0 amide bonds. The zero-order valence-electron chi connectivity index (χ0n) is 13.9. The van der Waals surface area contributed by atoms with Crippen LogP contribution in [0.1, 0.15) is 17.2 Å². The van der Waals surface area contributed by atoms with Crippen molar-refractivity contribution in [2.24, 2.45) is 5.73 Å². The first-order chi connectivity index (χ1) is 12.3. The Hall–Kier alpha value is -3.10. The van der Waals surface area contributed by atoms with E-state index in [9.17, 15) is 0 Å². The van der Waals surface area contributed by atoms with Gasteiger partial charge in [-0.3, -0.25) is 0 Å². The average molecular weight is 324 g/mol. The van der Waals surface area contributed by atoms with E-state index in [1.165, 1.54) is 21.9 Å². The Labute approximate surface area is 147 Å². The van der Waals surface area contributed by atoms with Gasteiger partial charge in [-0.1, -0.05) is 84.9 Å². The van der Waals surface area contributed by atoms with Crippen molar-refractivity contribution in [2.75, 3.05) is 5.73 Å². The van der Waals surface area contributed by atoms with E-state index in [-0.39, 0.29) is 6.04 Å².